The summed E-state index contributed by atoms with van der Waals surface area (Å²) < 4.78 is 15.1. The van der Waals surface area contributed by atoms with E-state index >= 15 is 0 Å². The van der Waals surface area contributed by atoms with Crippen molar-refractivity contribution >= 4 is 34.8 Å². The Morgan fingerprint density at radius 1 is 1.16 bits per heavy atom. The Labute approximate surface area is 186 Å². The molecule has 1 fully saturated rings. The number of nitrogens with one attached hydrogen (secondary N) is 2. The molecular formula is C24H25FN4OS. The normalized spacial score (nSPS) is 14.8. The quantitative estimate of drug-likeness (QED) is 0.262. The van der Waals surface area contributed by atoms with Gasteiger partial charge in [-0.2, -0.15) is 5.10 Å². The maximum absolute atomic E-state index is 13.3. The number of pyridine rings is 1. The summed E-state index contributed by atoms with van der Waals surface area (Å²) >= 11 is 5.37. The van der Waals surface area contributed by atoms with Gasteiger partial charge in [0.1, 0.15) is 5.82 Å². The van der Waals surface area contributed by atoms with Gasteiger partial charge in [0.25, 0.3) is 0 Å². The monoisotopic (exact) mass is 436 g/mol. The van der Waals surface area contributed by atoms with Crippen molar-refractivity contribution in [2.45, 2.75) is 45.1 Å². The number of hydrogen-bond acceptors (Lipinski definition) is 3. The van der Waals surface area contributed by atoms with Gasteiger partial charge in [-0.1, -0.05) is 25.3 Å². The first kappa shape index (κ1) is 21.2. The largest absolute Gasteiger partial charge is 0.359 e. The van der Waals surface area contributed by atoms with Crippen molar-refractivity contribution < 1.29 is 9.18 Å². The molecule has 4 rings (SSSR count). The lowest BCUT2D eigenvalue weighted by molar-refractivity contribution is 0.103. The van der Waals surface area contributed by atoms with Crippen LogP contribution in [0.15, 0.2) is 53.8 Å². The molecule has 2 aromatic heterocycles. The van der Waals surface area contributed by atoms with Crippen LogP contribution in [0, 0.1) is 12.7 Å². The Morgan fingerprint density at radius 2 is 1.90 bits per heavy atom. The first-order valence-corrected chi connectivity index (χ1v) is 10.9. The fourth-order valence-corrected chi connectivity index (χ4v) is 4.38. The third-order valence-electron chi connectivity index (χ3n) is 5.76. The fraction of sp³-hybridized carbons (Fsp3) is 0.292. The van der Waals surface area contributed by atoms with E-state index in [9.17, 15) is 9.18 Å². The first-order valence-electron chi connectivity index (χ1n) is 10.5. The van der Waals surface area contributed by atoms with Crippen LogP contribution in [0.4, 0.5) is 4.39 Å². The molecule has 0 atom stereocenters. The second kappa shape index (κ2) is 9.39. The summed E-state index contributed by atoms with van der Waals surface area (Å²) in [6.07, 6.45) is 9.54. The number of halogens is 1. The topological polar surface area (TPSA) is 57.9 Å². The highest BCUT2D eigenvalue weighted by atomic mass is 32.1. The van der Waals surface area contributed by atoms with Crippen LogP contribution in [0.25, 0.3) is 5.52 Å². The predicted octanol–water partition coefficient (Wildman–Crippen LogP) is 4.75. The molecule has 5 nitrogen and oxygen atoms in total. The molecule has 2 heterocycles. The van der Waals surface area contributed by atoms with Crippen LogP contribution in [0.1, 0.15) is 59.3 Å². The van der Waals surface area contributed by atoms with Gasteiger partial charge in [0, 0.05) is 23.4 Å². The van der Waals surface area contributed by atoms with Gasteiger partial charge in [0.2, 0.25) is 5.78 Å². The molecule has 0 saturated heterocycles. The molecule has 0 amide bonds. The summed E-state index contributed by atoms with van der Waals surface area (Å²) in [7, 11) is 0. The van der Waals surface area contributed by atoms with E-state index in [0.29, 0.717) is 22.4 Å². The van der Waals surface area contributed by atoms with Gasteiger partial charge in [-0.25, -0.2) is 4.39 Å². The molecule has 0 radical (unpaired) electrons. The average Bonchev–Trinajstić information content (AvgIpc) is 3.06. The summed E-state index contributed by atoms with van der Waals surface area (Å²) in [5, 5.41) is 8.15. The van der Waals surface area contributed by atoms with E-state index in [2.05, 4.69) is 15.8 Å². The van der Waals surface area contributed by atoms with Gasteiger partial charge < -0.3 is 9.72 Å². The number of nitrogens with zero attached hydrogens (tertiary/aromatic N) is 2. The van der Waals surface area contributed by atoms with Gasteiger partial charge >= 0.3 is 0 Å². The van der Waals surface area contributed by atoms with Gasteiger partial charge in [-0.3, -0.25) is 10.2 Å². The van der Waals surface area contributed by atoms with E-state index in [1.54, 1.807) is 6.21 Å². The zero-order valence-electron chi connectivity index (χ0n) is 17.4. The lowest BCUT2D eigenvalue weighted by Gasteiger charge is -2.23. The van der Waals surface area contributed by atoms with E-state index in [-0.39, 0.29) is 11.6 Å². The number of hydrazone groups is 1. The van der Waals surface area contributed by atoms with Crippen LogP contribution >= 0.6 is 12.2 Å². The average molecular weight is 437 g/mol. The van der Waals surface area contributed by atoms with Gasteiger partial charge in [0.15, 0.2) is 5.11 Å². The second-order valence-corrected chi connectivity index (χ2v) is 8.27. The smallest absolute Gasteiger partial charge is 0.210 e. The standard InChI is InChI=1S/C24H25FN4OS/c1-16-20(15-26-28-24(31)27-19-7-3-2-4-8-19)21-9-5-6-14-29(21)22(16)23(30)17-10-12-18(25)13-11-17/h5-6,9-15,19H,2-4,7-8H2,1H3,(H2,27,28,31)/b26-15-. The number of rotatable bonds is 5. The predicted molar refractivity (Wildman–Crippen MR) is 125 cm³/mol. The summed E-state index contributed by atoms with van der Waals surface area (Å²) in [5.74, 6) is -0.536. The van der Waals surface area contributed by atoms with Crippen molar-refractivity contribution in [1.29, 1.82) is 0 Å². The van der Waals surface area contributed by atoms with Crippen LogP contribution in [0.5, 0.6) is 0 Å². The molecule has 3 aromatic rings. The van der Waals surface area contributed by atoms with E-state index in [1.165, 1.54) is 43.5 Å². The van der Waals surface area contributed by atoms with E-state index in [4.69, 9.17) is 12.2 Å². The molecule has 0 bridgehead atoms. The highest BCUT2D eigenvalue weighted by molar-refractivity contribution is 7.80. The number of carbonyl (C=O) groups excluding carboxylic acids is 1. The van der Waals surface area contributed by atoms with Crippen LogP contribution in [-0.2, 0) is 0 Å². The minimum absolute atomic E-state index is 0.166. The maximum atomic E-state index is 13.3. The van der Waals surface area contributed by atoms with Crippen molar-refractivity contribution in [3.8, 4) is 0 Å². The maximum Gasteiger partial charge on any atom is 0.210 e. The summed E-state index contributed by atoms with van der Waals surface area (Å²) in [6.45, 7) is 1.89. The molecular weight excluding hydrogens is 411 g/mol. The van der Waals surface area contributed by atoms with Gasteiger partial charge in [-0.05, 0) is 73.9 Å². The molecule has 31 heavy (non-hydrogen) atoms. The number of ketones is 1. The molecule has 0 aliphatic heterocycles. The summed E-state index contributed by atoms with van der Waals surface area (Å²) in [5.41, 5.74) is 6.37. The van der Waals surface area contributed by atoms with Crippen molar-refractivity contribution in [1.82, 2.24) is 15.1 Å². The van der Waals surface area contributed by atoms with Crippen LogP contribution in [-0.4, -0.2) is 27.6 Å². The zero-order valence-corrected chi connectivity index (χ0v) is 18.2. The molecule has 160 valence electrons. The lowest BCUT2D eigenvalue weighted by atomic mass is 9.96. The fourth-order valence-electron chi connectivity index (χ4n) is 4.16. The van der Waals surface area contributed by atoms with Crippen molar-refractivity contribution in [3.63, 3.8) is 0 Å². The number of fused-ring (bicyclic) bond motifs is 1. The SMILES string of the molecule is Cc1c(/C=N\NC(=S)NC2CCCCC2)c2ccccn2c1C(=O)c1ccc(F)cc1. The van der Waals surface area contributed by atoms with Crippen molar-refractivity contribution in [2.24, 2.45) is 5.10 Å². The Hall–Kier alpha value is -3.06. The van der Waals surface area contributed by atoms with Crippen LogP contribution in [0.2, 0.25) is 0 Å². The number of hydrogen-bond donors (Lipinski definition) is 2. The van der Waals surface area contributed by atoms with Crippen LogP contribution < -0.4 is 10.7 Å². The minimum Gasteiger partial charge on any atom is -0.359 e. The first-order chi connectivity index (χ1) is 15.0. The molecule has 0 spiro atoms. The van der Waals surface area contributed by atoms with E-state index < -0.39 is 0 Å². The Bertz CT molecular complexity index is 1130. The molecule has 1 aliphatic rings. The van der Waals surface area contributed by atoms with E-state index in [1.807, 2.05) is 35.7 Å². The minimum atomic E-state index is -0.370. The molecule has 2 N–H and O–H groups in total. The second-order valence-electron chi connectivity index (χ2n) is 7.86. The van der Waals surface area contributed by atoms with Crippen LogP contribution in [0.3, 0.4) is 0 Å². The Balaban J connectivity index is 1.57. The number of benzene rings is 1. The number of carbonyl (C=O) groups is 1. The molecule has 1 aromatic carbocycles. The van der Waals surface area contributed by atoms with Gasteiger partial charge in [-0.15, -0.1) is 0 Å². The summed E-state index contributed by atoms with van der Waals surface area (Å²) in [4.78, 5) is 13.2. The number of thiocarbonyl (C=S) groups is 1. The molecule has 7 heteroatoms. The van der Waals surface area contributed by atoms with E-state index in [0.717, 1.165) is 29.5 Å². The van der Waals surface area contributed by atoms with Gasteiger partial charge in [0.05, 0.1) is 17.4 Å². The lowest BCUT2D eigenvalue weighted by Crippen LogP contribution is -2.40. The third kappa shape index (κ3) is 4.66. The van der Waals surface area contributed by atoms with Crippen molar-refractivity contribution in [2.75, 3.05) is 0 Å². The highest BCUT2D eigenvalue weighted by Gasteiger charge is 2.21. The van der Waals surface area contributed by atoms with Crippen molar-refractivity contribution in [3.05, 3.63) is 76.9 Å². The zero-order chi connectivity index (χ0) is 21.8. The Morgan fingerprint density at radius 3 is 2.65 bits per heavy atom. The number of aromatic nitrogens is 1. The third-order valence-corrected chi connectivity index (χ3v) is 5.97. The molecule has 1 saturated carbocycles. The molecule has 0 unspecified atom stereocenters. The summed E-state index contributed by atoms with van der Waals surface area (Å²) in [6, 6.07) is 11.7. The molecule has 1 aliphatic carbocycles. The highest BCUT2D eigenvalue weighted by Crippen LogP contribution is 2.24. The Kier molecular flexibility index (Phi) is 6.42.